The monoisotopic (exact) mass is 293 g/mol. The molecule has 0 spiro atoms. The first-order valence-electron chi connectivity index (χ1n) is 6.57. The average molecular weight is 293 g/mol. The van der Waals surface area contributed by atoms with Gasteiger partial charge in [-0.2, -0.15) is 4.39 Å². The van der Waals surface area contributed by atoms with E-state index in [1.165, 1.54) is 20.2 Å². The Bertz CT molecular complexity index is 822. The Morgan fingerprint density at radius 3 is 2.57 bits per heavy atom. The van der Waals surface area contributed by atoms with E-state index in [0.717, 1.165) is 18.9 Å². The number of aromatic nitrogens is 1. The van der Waals surface area contributed by atoms with Gasteiger partial charge >= 0.3 is 0 Å². The minimum atomic E-state index is -1.17. The summed E-state index contributed by atoms with van der Waals surface area (Å²) in [5.41, 5.74) is -0.428. The zero-order chi connectivity index (χ0) is 15.3. The molecule has 2 aromatic rings. The van der Waals surface area contributed by atoms with E-state index in [1.54, 1.807) is 4.57 Å². The van der Waals surface area contributed by atoms with Gasteiger partial charge in [-0.25, -0.2) is 4.39 Å². The third-order valence-electron chi connectivity index (χ3n) is 3.69. The molecule has 4 nitrogen and oxygen atoms in total. The van der Waals surface area contributed by atoms with Crippen LogP contribution in [-0.4, -0.2) is 17.5 Å². The first kappa shape index (κ1) is 13.7. The zero-order valence-corrected chi connectivity index (χ0v) is 11.6. The molecule has 1 heterocycles. The summed E-state index contributed by atoms with van der Waals surface area (Å²) in [5.74, 6) is -3.00. The van der Waals surface area contributed by atoms with Crippen LogP contribution in [0.5, 0.6) is 5.75 Å². The van der Waals surface area contributed by atoms with Gasteiger partial charge in [-0.1, -0.05) is 0 Å². The fourth-order valence-corrected chi connectivity index (χ4v) is 2.51. The van der Waals surface area contributed by atoms with Gasteiger partial charge in [0.15, 0.2) is 22.8 Å². The van der Waals surface area contributed by atoms with Crippen molar-refractivity contribution in [1.29, 1.82) is 0 Å². The molecular formula is C15H13F2NO3. The summed E-state index contributed by atoms with van der Waals surface area (Å²) in [6.07, 6.45) is 3.14. The van der Waals surface area contributed by atoms with E-state index in [2.05, 4.69) is 0 Å². The lowest BCUT2D eigenvalue weighted by molar-refractivity contribution is 0.101. The molecule has 0 atom stereocenters. The fraction of sp³-hybridized carbons (Fsp3) is 0.333. The quantitative estimate of drug-likeness (QED) is 0.818. The largest absolute Gasteiger partial charge is 0.491 e. The van der Waals surface area contributed by atoms with E-state index in [0.29, 0.717) is 0 Å². The summed E-state index contributed by atoms with van der Waals surface area (Å²) in [6, 6.07) is 0.908. The molecule has 1 aromatic heterocycles. The number of rotatable bonds is 3. The Morgan fingerprint density at radius 1 is 1.38 bits per heavy atom. The van der Waals surface area contributed by atoms with Crippen molar-refractivity contribution in [3.8, 4) is 5.75 Å². The van der Waals surface area contributed by atoms with Gasteiger partial charge < -0.3 is 9.30 Å². The lowest BCUT2D eigenvalue weighted by atomic mass is 10.1. The first-order valence-corrected chi connectivity index (χ1v) is 6.57. The van der Waals surface area contributed by atoms with Gasteiger partial charge in [0.25, 0.3) is 0 Å². The molecule has 3 rings (SSSR count). The molecule has 1 aliphatic carbocycles. The second-order valence-corrected chi connectivity index (χ2v) is 5.17. The maximum Gasteiger partial charge on any atom is 0.202 e. The molecule has 0 bridgehead atoms. The standard InChI is InChI=1S/C15H13F2NO3/c1-7(19)10-6-18(8-3-4-8)13-9(14(10)20)5-11(16)12(17)15(13)21-2/h5-6,8H,3-4H2,1-2H3. The van der Waals surface area contributed by atoms with Gasteiger partial charge in [-0.3, -0.25) is 9.59 Å². The highest BCUT2D eigenvalue weighted by atomic mass is 19.2. The lowest BCUT2D eigenvalue weighted by Crippen LogP contribution is -2.18. The molecular weight excluding hydrogens is 280 g/mol. The van der Waals surface area contributed by atoms with Gasteiger partial charge in [0.1, 0.15) is 0 Å². The Hall–Kier alpha value is -2.24. The van der Waals surface area contributed by atoms with Crippen LogP contribution in [0, 0.1) is 11.6 Å². The number of carbonyl (C=O) groups is 1. The number of hydrogen-bond donors (Lipinski definition) is 0. The molecule has 1 saturated carbocycles. The van der Waals surface area contributed by atoms with Crippen molar-refractivity contribution in [3.63, 3.8) is 0 Å². The molecule has 1 fully saturated rings. The van der Waals surface area contributed by atoms with E-state index in [4.69, 9.17) is 4.74 Å². The van der Waals surface area contributed by atoms with Crippen molar-refractivity contribution in [2.45, 2.75) is 25.8 Å². The van der Waals surface area contributed by atoms with E-state index >= 15 is 0 Å². The number of Topliss-reactive ketones (excluding diaryl/α,β-unsaturated/α-hetero) is 1. The molecule has 0 saturated heterocycles. The van der Waals surface area contributed by atoms with Gasteiger partial charge in [-0.15, -0.1) is 0 Å². The third kappa shape index (κ3) is 2.02. The molecule has 0 unspecified atom stereocenters. The predicted octanol–water partition coefficient (Wildman–Crippen LogP) is 2.83. The van der Waals surface area contributed by atoms with Crippen molar-refractivity contribution in [1.82, 2.24) is 4.57 Å². The molecule has 0 amide bonds. The smallest absolute Gasteiger partial charge is 0.202 e. The van der Waals surface area contributed by atoms with Crippen molar-refractivity contribution in [3.05, 3.63) is 39.7 Å². The van der Waals surface area contributed by atoms with Crippen LogP contribution in [0.15, 0.2) is 17.1 Å². The van der Waals surface area contributed by atoms with Crippen molar-refractivity contribution in [2.75, 3.05) is 7.11 Å². The maximum absolute atomic E-state index is 13.9. The Balaban J connectivity index is 2.52. The molecule has 0 radical (unpaired) electrons. The van der Waals surface area contributed by atoms with E-state index < -0.39 is 22.8 Å². The second-order valence-electron chi connectivity index (χ2n) is 5.17. The van der Waals surface area contributed by atoms with Crippen molar-refractivity contribution < 1.29 is 18.3 Å². The average Bonchev–Trinajstić information content (AvgIpc) is 3.26. The van der Waals surface area contributed by atoms with Crippen LogP contribution in [0.3, 0.4) is 0 Å². The normalized spacial score (nSPS) is 14.5. The number of methoxy groups -OCH3 is 1. The summed E-state index contributed by atoms with van der Waals surface area (Å²) in [4.78, 5) is 23.9. The summed E-state index contributed by atoms with van der Waals surface area (Å²) in [6.45, 7) is 1.27. The first-order chi connectivity index (χ1) is 9.95. The zero-order valence-electron chi connectivity index (χ0n) is 11.6. The summed E-state index contributed by atoms with van der Waals surface area (Å²) in [7, 11) is 1.22. The van der Waals surface area contributed by atoms with Crippen molar-refractivity contribution in [2.24, 2.45) is 0 Å². The Morgan fingerprint density at radius 2 is 2.05 bits per heavy atom. The minimum absolute atomic E-state index is 0.0255. The number of fused-ring (bicyclic) bond motifs is 1. The summed E-state index contributed by atoms with van der Waals surface area (Å²) < 4.78 is 34.2. The van der Waals surface area contributed by atoms with Crippen LogP contribution >= 0.6 is 0 Å². The number of benzene rings is 1. The highest BCUT2D eigenvalue weighted by Crippen LogP contribution is 2.40. The number of ketones is 1. The molecule has 1 aliphatic rings. The third-order valence-corrected chi connectivity index (χ3v) is 3.69. The predicted molar refractivity (Wildman–Crippen MR) is 73.0 cm³/mol. The Labute approximate surface area is 118 Å². The second kappa shape index (κ2) is 4.65. The maximum atomic E-state index is 13.9. The van der Waals surface area contributed by atoms with Crippen LogP contribution in [0.2, 0.25) is 0 Å². The van der Waals surface area contributed by atoms with Gasteiger partial charge in [0.05, 0.1) is 23.6 Å². The number of hydrogen-bond acceptors (Lipinski definition) is 3. The SMILES string of the molecule is COc1c(F)c(F)cc2c(=O)c(C(C)=O)cn(C3CC3)c12. The van der Waals surface area contributed by atoms with Gasteiger partial charge in [0.2, 0.25) is 5.82 Å². The van der Waals surface area contributed by atoms with Crippen LogP contribution in [0.4, 0.5) is 8.78 Å². The topological polar surface area (TPSA) is 48.3 Å². The molecule has 21 heavy (non-hydrogen) atoms. The summed E-state index contributed by atoms with van der Waals surface area (Å²) >= 11 is 0. The number of halogens is 2. The molecule has 0 aliphatic heterocycles. The van der Waals surface area contributed by atoms with E-state index in [1.807, 2.05) is 0 Å². The van der Waals surface area contributed by atoms with E-state index in [9.17, 15) is 18.4 Å². The van der Waals surface area contributed by atoms with Crippen LogP contribution < -0.4 is 10.2 Å². The minimum Gasteiger partial charge on any atom is -0.491 e. The number of ether oxygens (including phenoxy) is 1. The number of pyridine rings is 1. The lowest BCUT2D eigenvalue weighted by Gasteiger charge is -2.15. The molecule has 110 valence electrons. The van der Waals surface area contributed by atoms with Crippen molar-refractivity contribution >= 4 is 16.7 Å². The van der Waals surface area contributed by atoms with E-state index in [-0.39, 0.29) is 28.3 Å². The summed E-state index contributed by atoms with van der Waals surface area (Å²) in [5, 5.41) is -0.0367. The number of nitrogens with zero attached hydrogens (tertiary/aromatic N) is 1. The highest BCUT2D eigenvalue weighted by molar-refractivity contribution is 5.98. The molecule has 6 heteroatoms. The van der Waals surface area contributed by atoms with Crippen LogP contribution in [-0.2, 0) is 0 Å². The Kier molecular flexibility index (Phi) is 3.04. The fourth-order valence-electron chi connectivity index (χ4n) is 2.51. The highest BCUT2D eigenvalue weighted by Gasteiger charge is 2.29. The van der Waals surface area contributed by atoms with Crippen LogP contribution in [0.25, 0.3) is 10.9 Å². The van der Waals surface area contributed by atoms with Gasteiger partial charge in [-0.05, 0) is 25.8 Å². The number of carbonyl (C=O) groups excluding carboxylic acids is 1. The van der Waals surface area contributed by atoms with Gasteiger partial charge in [0, 0.05) is 12.2 Å². The van der Waals surface area contributed by atoms with Crippen LogP contribution in [0.1, 0.15) is 36.2 Å². The molecule has 0 N–H and O–H groups in total. The molecule has 1 aromatic carbocycles.